The van der Waals surface area contributed by atoms with Crippen LogP contribution in [0.1, 0.15) is 86.0 Å². The van der Waals surface area contributed by atoms with Gasteiger partial charge in [0, 0.05) is 5.71 Å². The van der Waals surface area contributed by atoms with E-state index in [0.29, 0.717) is 0 Å². The van der Waals surface area contributed by atoms with E-state index in [-0.39, 0.29) is 4.75 Å². The highest BCUT2D eigenvalue weighted by atomic mass is 32.2. The molecule has 1 atom stereocenters. The van der Waals surface area contributed by atoms with Crippen molar-refractivity contribution < 1.29 is 4.21 Å². The molecule has 0 aliphatic heterocycles. The Kier molecular flexibility index (Phi) is 9.61. The Morgan fingerprint density at radius 2 is 1.39 bits per heavy atom. The Labute approximate surface area is 116 Å². The molecule has 3 heteroatoms. The standard InChI is InChI=1S/C15H31NOS/c1-6-8-10-12-14(13-11-9-7-2)16-18(17)15(3,4)5/h6-13H2,1-5H3/t18-/m1/s1. The molecule has 0 amide bonds. The minimum Gasteiger partial charge on any atom is -0.234 e. The van der Waals surface area contributed by atoms with Crippen LogP contribution in [0.2, 0.25) is 0 Å². The van der Waals surface area contributed by atoms with E-state index in [1.165, 1.54) is 44.2 Å². The Hall–Kier alpha value is -0.180. The molecule has 0 aromatic rings. The second kappa shape index (κ2) is 9.71. The zero-order valence-electron chi connectivity index (χ0n) is 12.9. The topological polar surface area (TPSA) is 29.4 Å². The summed E-state index contributed by atoms with van der Waals surface area (Å²) in [5, 5.41) is 0. The molecule has 0 spiro atoms. The Bertz CT molecular complexity index is 254. The van der Waals surface area contributed by atoms with E-state index in [4.69, 9.17) is 0 Å². The van der Waals surface area contributed by atoms with Gasteiger partial charge in [0.2, 0.25) is 0 Å². The molecule has 0 radical (unpaired) electrons. The van der Waals surface area contributed by atoms with Gasteiger partial charge in [-0.1, -0.05) is 39.5 Å². The molecule has 0 aliphatic carbocycles. The fourth-order valence-electron chi connectivity index (χ4n) is 1.63. The molecule has 18 heavy (non-hydrogen) atoms. The molecule has 0 N–H and O–H groups in total. The Balaban J connectivity index is 4.43. The minimum absolute atomic E-state index is 0.235. The first-order valence-corrected chi connectivity index (χ1v) is 8.51. The molecule has 2 nitrogen and oxygen atoms in total. The summed E-state index contributed by atoms with van der Waals surface area (Å²) in [5.74, 6) is 0. The first kappa shape index (κ1) is 17.8. The van der Waals surface area contributed by atoms with Crippen molar-refractivity contribution >= 4 is 16.7 Å². The number of hydrogen-bond donors (Lipinski definition) is 0. The molecule has 0 saturated carbocycles. The van der Waals surface area contributed by atoms with Crippen LogP contribution in [0.4, 0.5) is 0 Å². The van der Waals surface area contributed by atoms with E-state index in [0.717, 1.165) is 12.8 Å². The molecule has 0 bridgehead atoms. The van der Waals surface area contributed by atoms with Crippen LogP contribution >= 0.6 is 0 Å². The Morgan fingerprint density at radius 3 is 1.72 bits per heavy atom. The van der Waals surface area contributed by atoms with Gasteiger partial charge in [0.05, 0.1) is 4.75 Å². The van der Waals surface area contributed by atoms with Crippen molar-refractivity contribution in [3.8, 4) is 0 Å². The highest BCUT2D eigenvalue weighted by Gasteiger charge is 2.19. The number of hydrogen-bond acceptors (Lipinski definition) is 1. The number of unbranched alkanes of at least 4 members (excludes halogenated alkanes) is 4. The lowest BCUT2D eigenvalue weighted by Gasteiger charge is -2.15. The minimum atomic E-state index is -1.09. The third-order valence-corrected chi connectivity index (χ3v) is 4.35. The van der Waals surface area contributed by atoms with Gasteiger partial charge in [-0.05, 0) is 46.5 Å². The van der Waals surface area contributed by atoms with Crippen molar-refractivity contribution in [2.24, 2.45) is 4.40 Å². The summed E-state index contributed by atoms with van der Waals surface area (Å²) in [4.78, 5) is 0. The highest BCUT2D eigenvalue weighted by Crippen LogP contribution is 2.16. The molecular formula is C15H31NOS. The first-order chi connectivity index (χ1) is 8.41. The van der Waals surface area contributed by atoms with Gasteiger partial charge in [-0.15, -0.1) is 0 Å². The molecule has 0 aromatic carbocycles. The predicted molar refractivity (Wildman–Crippen MR) is 83.6 cm³/mol. The van der Waals surface area contributed by atoms with Gasteiger partial charge in [-0.3, -0.25) is 0 Å². The lowest BCUT2D eigenvalue weighted by atomic mass is 10.1. The molecular weight excluding hydrogens is 242 g/mol. The fraction of sp³-hybridized carbons (Fsp3) is 0.933. The van der Waals surface area contributed by atoms with Crippen LogP contribution in [0, 0.1) is 0 Å². The van der Waals surface area contributed by atoms with Crippen LogP contribution in [0.5, 0.6) is 0 Å². The lowest BCUT2D eigenvalue weighted by molar-refractivity contribution is 0.649. The predicted octanol–water partition coefficient (Wildman–Crippen LogP) is 5.05. The average molecular weight is 273 g/mol. The molecule has 0 saturated heterocycles. The molecule has 0 aromatic heterocycles. The third-order valence-electron chi connectivity index (χ3n) is 2.87. The SMILES string of the molecule is CCCCCC(CCCCC)=N[S@](=O)C(C)(C)C. The van der Waals surface area contributed by atoms with Crippen LogP contribution in [0.15, 0.2) is 4.40 Å². The smallest absolute Gasteiger partial charge is 0.144 e. The fourth-order valence-corrected chi connectivity index (χ4v) is 2.32. The van der Waals surface area contributed by atoms with E-state index >= 15 is 0 Å². The second-order valence-electron chi connectivity index (χ2n) is 5.93. The van der Waals surface area contributed by atoms with Gasteiger partial charge in [-0.2, -0.15) is 4.40 Å². The van der Waals surface area contributed by atoms with Crippen LogP contribution in [-0.2, 0) is 11.0 Å². The normalized spacial score (nSPS) is 13.4. The molecule has 0 heterocycles. The van der Waals surface area contributed by atoms with E-state index in [2.05, 4.69) is 18.2 Å². The summed E-state index contributed by atoms with van der Waals surface area (Å²) < 4.78 is 16.3. The zero-order valence-corrected chi connectivity index (χ0v) is 13.7. The number of nitrogens with zero attached hydrogens (tertiary/aromatic N) is 1. The summed E-state index contributed by atoms with van der Waals surface area (Å²) in [7, 11) is -1.09. The summed E-state index contributed by atoms with van der Waals surface area (Å²) in [5.41, 5.74) is 1.17. The molecule has 0 fully saturated rings. The van der Waals surface area contributed by atoms with E-state index < -0.39 is 11.0 Å². The average Bonchev–Trinajstić information content (AvgIpc) is 2.28. The lowest BCUT2D eigenvalue weighted by Crippen LogP contribution is -2.21. The molecule has 108 valence electrons. The summed E-state index contributed by atoms with van der Waals surface area (Å²) in [6, 6.07) is 0. The molecule has 0 rings (SSSR count). The van der Waals surface area contributed by atoms with Crippen molar-refractivity contribution in [2.75, 3.05) is 0 Å². The summed E-state index contributed by atoms with van der Waals surface area (Å²) in [6.45, 7) is 10.4. The maximum absolute atomic E-state index is 12.1. The first-order valence-electron chi connectivity index (χ1n) is 7.40. The van der Waals surface area contributed by atoms with Crippen LogP contribution in [0.3, 0.4) is 0 Å². The highest BCUT2D eigenvalue weighted by molar-refractivity contribution is 7.85. The monoisotopic (exact) mass is 273 g/mol. The number of rotatable bonds is 9. The molecule has 0 aliphatic rings. The van der Waals surface area contributed by atoms with Gasteiger partial charge in [0.15, 0.2) is 0 Å². The quantitative estimate of drug-likeness (QED) is 0.427. The van der Waals surface area contributed by atoms with Crippen molar-refractivity contribution in [1.29, 1.82) is 0 Å². The van der Waals surface area contributed by atoms with E-state index in [9.17, 15) is 4.21 Å². The van der Waals surface area contributed by atoms with Gasteiger partial charge >= 0.3 is 0 Å². The van der Waals surface area contributed by atoms with Crippen LogP contribution < -0.4 is 0 Å². The summed E-state index contributed by atoms with van der Waals surface area (Å²) >= 11 is 0. The molecule has 0 unspecified atom stereocenters. The van der Waals surface area contributed by atoms with Crippen molar-refractivity contribution in [3.05, 3.63) is 0 Å². The van der Waals surface area contributed by atoms with Crippen molar-refractivity contribution in [1.82, 2.24) is 0 Å². The van der Waals surface area contributed by atoms with E-state index in [1.807, 2.05) is 20.8 Å². The third kappa shape index (κ3) is 8.84. The van der Waals surface area contributed by atoms with Gasteiger partial charge in [0.25, 0.3) is 0 Å². The Morgan fingerprint density at radius 1 is 0.944 bits per heavy atom. The zero-order chi connectivity index (χ0) is 14.0. The van der Waals surface area contributed by atoms with E-state index in [1.54, 1.807) is 0 Å². The van der Waals surface area contributed by atoms with Crippen LogP contribution in [-0.4, -0.2) is 14.7 Å². The van der Waals surface area contributed by atoms with Crippen molar-refractivity contribution in [3.63, 3.8) is 0 Å². The van der Waals surface area contributed by atoms with Crippen molar-refractivity contribution in [2.45, 2.75) is 90.7 Å². The summed E-state index contributed by atoms with van der Waals surface area (Å²) in [6.07, 6.45) is 9.36. The van der Waals surface area contributed by atoms with Gasteiger partial charge in [0.1, 0.15) is 11.0 Å². The maximum Gasteiger partial charge on any atom is 0.144 e. The van der Waals surface area contributed by atoms with Crippen LogP contribution in [0.25, 0.3) is 0 Å². The second-order valence-corrected chi connectivity index (χ2v) is 7.84. The largest absolute Gasteiger partial charge is 0.234 e. The van der Waals surface area contributed by atoms with Gasteiger partial charge < -0.3 is 0 Å². The maximum atomic E-state index is 12.1. The van der Waals surface area contributed by atoms with Gasteiger partial charge in [-0.25, -0.2) is 4.21 Å².